The number of aliphatic hydroxyl groups is 1. The van der Waals surface area contributed by atoms with Crippen LogP contribution >= 0.6 is 0 Å². The first-order valence-electron chi connectivity index (χ1n) is 13.2. The highest BCUT2D eigenvalue weighted by molar-refractivity contribution is 7.86. The first-order valence-corrected chi connectivity index (χ1v) is 14.7. The smallest absolute Gasteiger partial charge is 0.402 e. The van der Waals surface area contributed by atoms with Crippen molar-refractivity contribution in [3.63, 3.8) is 0 Å². The van der Waals surface area contributed by atoms with Gasteiger partial charge in [-0.2, -0.15) is 17.2 Å². The number of aliphatic hydroxyl groups excluding tert-OH is 1. The molecule has 0 amide bonds. The molecular formula is C26H38F2O8S. The van der Waals surface area contributed by atoms with Crippen LogP contribution in [0.1, 0.15) is 78.6 Å². The average molecular weight is 549 g/mol. The fourth-order valence-corrected chi connectivity index (χ4v) is 8.73. The Labute approximate surface area is 216 Å². The van der Waals surface area contributed by atoms with Crippen molar-refractivity contribution < 1.29 is 46.0 Å². The predicted molar refractivity (Wildman–Crippen MR) is 128 cm³/mol. The molecule has 4 aliphatic carbocycles. The van der Waals surface area contributed by atoms with Gasteiger partial charge in [0.2, 0.25) is 0 Å². The lowest BCUT2D eigenvalue weighted by atomic mass is 9.43. The molecule has 0 aromatic heterocycles. The number of carbonyl (C=O) groups is 3. The Balaban J connectivity index is 1.44. The topological polar surface area (TPSA) is 135 Å². The van der Waals surface area contributed by atoms with Crippen molar-refractivity contribution in [1.29, 1.82) is 0 Å². The Morgan fingerprint density at radius 3 is 2.51 bits per heavy atom. The molecule has 0 aromatic carbocycles. The van der Waals surface area contributed by atoms with Gasteiger partial charge in [0.05, 0.1) is 6.10 Å². The summed E-state index contributed by atoms with van der Waals surface area (Å²) in [4.78, 5) is 37.6. The van der Waals surface area contributed by atoms with Crippen LogP contribution in [0.4, 0.5) is 8.78 Å². The Morgan fingerprint density at radius 1 is 1.19 bits per heavy atom. The SMILES string of the molecule is CC(CCC(=O)OCC(F)(F)S(=O)(=O)O)C1CCC2C3C(=O)CC4CC(=O)CCC4(C)C3CC(O)C12C. The number of alkyl halides is 2. The third kappa shape index (κ3) is 4.77. The first kappa shape index (κ1) is 28.5. The highest BCUT2D eigenvalue weighted by atomic mass is 32.2. The molecule has 0 radical (unpaired) electrons. The lowest BCUT2D eigenvalue weighted by molar-refractivity contribution is -0.178. The third-order valence-electron chi connectivity index (χ3n) is 10.7. The van der Waals surface area contributed by atoms with E-state index in [-0.39, 0.29) is 58.9 Å². The van der Waals surface area contributed by atoms with Crippen molar-refractivity contribution in [2.75, 3.05) is 6.61 Å². The van der Waals surface area contributed by atoms with Crippen LogP contribution in [0.25, 0.3) is 0 Å². The number of rotatable bonds is 7. The molecule has 4 rings (SSSR count). The molecule has 37 heavy (non-hydrogen) atoms. The fourth-order valence-electron chi connectivity index (χ4n) is 8.52. The van der Waals surface area contributed by atoms with Crippen LogP contribution in [0.5, 0.6) is 0 Å². The van der Waals surface area contributed by atoms with Crippen molar-refractivity contribution >= 4 is 27.7 Å². The molecule has 0 heterocycles. The summed E-state index contributed by atoms with van der Waals surface area (Å²) in [7, 11) is -5.68. The van der Waals surface area contributed by atoms with E-state index in [9.17, 15) is 36.7 Å². The maximum absolute atomic E-state index is 13.5. The molecule has 4 saturated carbocycles. The second-order valence-electron chi connectivity index (χ2n) is 12.4. The lowest BCUT2D eigenvalue weighted by Gasteiger charge is -2.61. The monoisotopic (exact) mass is 548 g/mol. The molecule has 2 N–H and O–H groups in total. The minimum Gasteiger partial charge on any atom is -0.458 e. The molecule has 9 atom stereocenters. The van der Waals surface area contributed by atoms with Crippen molar-refractivity contribution in [2.24, 2.45) is 46.3 Å². The maximum Gasteiger partial charge on any atom is 0.402 e. The summed E-state index contributed by atoms with van der Waals surface area (Å²) in [5.74, 6) is -0.747. The Bertz CT molecular complexity index is 1060. The Hall–Kier alpha value is -1.46. The van der Waals surface area contributed by atoms with Gasteiger partial charge in [0, 0.05) is 37.0 Å². The van der Waals surface area contributed by atoms with Gasteiger partial charge in [0.25, 0.3) is 0 Å². The maximum atomic E-state index is 13.5. The molecule has 4 fully saturated rings. The van der Waals surface area contributed by atoms with E-state index in [0.29, 0.717) is 32.1 Å². The van der Waals surface area contributed by atoms with Gasteiger partial charge < -0.3 is 9.84 Å². The van der Waals surface area contributed by atoms with E-state index in [2.05, 4.69) is 11.7 Å². The average Bonchev–Trinajstić information content (AvgIpc) is 3.16. The van der Waals surface area contributed by atoms with Crippen LogP contribution in [0, 0.1) is 46.3 Å². The lowest BCUT2D eigenvalue weighted by Crippen LogP contribution is -2.61. The number of esters is 1. The van der Waals surface area contributed by atoms with E-state index in [1.807, 2.05) is 13.8 Å². The minimum absolute atomic E-state index is 0.00277. The minimum atomic E-state index is -5.68. The number of Topliss-reactive ketones (excluding diaryl/α,β-unsaturated/α-hetero) is 2. The van der Waals surface area contributed by atoms with Crippen molar-refractivity contribution in [1.82, 2.24) is 0 Å². The molecule has 9 unspecified atom stereocenters. The Morgan fingerprint density at radius 2 is 1.86 bits per heavy atom. The van der Waals surface area contributed by atoms with E-state index in [0.717, 1.165) is 19.3 Å². The van der Waals surface area contributed by atoms with Gasteiger partial charge in [-0.25, -0.2) is 0 Å². The normalized spacial score (nSPS) is 40.9. The van der Waals surface area contributed by atoms with Crippen LogP contribution in [0.15, 0.2) is 0 Å². The molecule has 0 aliphatic heterocycles. The second kappa shape index (κ2) is 9.62. The molecule has 0 aromatic rings. The number of carbonyl (C=O) groups excluding carboxylic acids is 3. The van der Waals surface area contributed by atoms with Gasteiger partial charge in [-0.3, -0.25) is 18.9 Å². The van der Waals surface area contributed by atoms with Crippen LogP contribution in [0.2, 0.25) is 0 Å². The van der Waals surface area contributed by atoms with Gasteiger partial charge in [0.1, 0.15) is 11.6 Å². The van der Waals surface area contributed by atoms with E-state index < -0.39 is 39.5 Å². The molecule has 11 heteroatoms. The zero-order valence-electron chi connectivity index (χ0n) is 21.6. The Kier molecular flexibility index (Phi) is 7.42. The number of hydrogen-bond acceptors (Lipinski definition) is 7. The third-order valence-corrected chi connectivity index (χ3v) is 11.6. The molecule has 0 spiro atoms. The zero-order chi connectivity index (χ0) is 27.6. The van der Waals surface area contributed by atoms with Crippen LogP contribution in [0.3, 0.4) is 0 Å². The van der Waals surface area contributed by atoms with Gasteiger partial charge in [-0.05, 0) is 67.1 Å². The molecule has 0 saturated heterocycles. The zero-order valence-corrected chi connectivity index (χ0v) is 22.4. The summed E-state index contributed by atoms with van der Waals surface area (Å²) < 4.78 is 61.0. The predicted octanol–water partition coefficient (Wildman–Crippen LogP) is 3.80. The standard InChI is InChI=1S/C26H38F2O8S/c1-14(4-7-22(32)36-13-26(27,28)37(33,34)35)17-5-6-18-23-19(12-21(31)25(17,18)3)24(2)9-8-16(29)10-15(24)11-20(23)30/h14-15,17-19,21,23,31H,4-13H2,1-3H3,(H,33,34,35). The van der Waals surface area contributed by atoms with Gasteiger partial charge in [-0.1, -0.05) is 20.8 Å². The highest BCUT2D eigenvalue weighted by Gasteiger charge is 2.65. The largest absolute Gasteiger partial charge is 0.458 e. The fraction of sp³-hybridized carbons (Fsp3) is 0.885. The molecule has 0 bridgehead atoms. The van der Waals surface area contributed by atoms with Gasteiger partial charge in [-0.15, -0.1) is 0 Å². The second-order valence-corrected chi connectivity index (χ2v) is 14.0. The number of ether oxygens (including phenoxy) is 1. The molecule has 210 valence electrons. The van der Waals surface area contributed by atoms with E-state index in [4.69, 9.17) is 4.55 Å². The van der Waals surface area contributed by atoms with Crippen LogP contribution < -0.4 is 0 Å². The summed E-state index contributed by atoms with van der Waals surface area (Å²) in [6.07, 6.45) is 3.60. The van der Waals surface area contributed by atoms with Crippen LogP contribution in [-0.4, -0.2) is 53.6 Å². The van der Waals surface area contributed by atoms with Crippen LogP contribution in [-0.2, 0) is 29.2 Å². The number of ketones is 2. The van der Waals surface area contributed by atoms with E-state index >= 15 is 0 Å². The highest BCUT2D eigenvalue weighted by Crippen LogP contribution is 2.67. The summed E-state index contributed by atoms with van der Waals surface area (Å²) in [6.45, 7) is 4.40. The molecule has 4 aliphatic rings. The number of halogens is 2. The quantitative estimate of drug-likeness (QED) is 0.362. The number of hydrogen-bond donors (Lipinski definition) is 2. The first-order chi connectivity index (χ1) is 17.0. The van der Waals surface area contributed by atoms with Crippen molar-refractivity contribution in [3.05, 3.63) is 0 Å². The molecule has 8 nitrogen and oxygen atoms in total. The van der Waals surface area contributed by atoms with Crippen molar-refractivity contribution in [2.45, 2.75) is 89.9 Å². The van der Waals surface area contributed by atoms with Crippen molar-refractivity contribution in [3.8, 4) is 0 Å². The summed E-state index contributed by atoms with van der Waals surface area (Å²) in [5, 5.41) is 6.96. The summed E-state index contributed by atoms with van der Waals surface area (Å²) in [6, 6.07) is 0. The summed E-state index contributed by atoms with van der Waals surface area (Å²) >= 11 is 0. The van der Waals surface area contributed by atoms with Gasteiger partial charge >= 0.3 is 21.3 Å². The number of fused-ring (bicyclic) bond motifs is 5. The van der Waals surface area contributed by atoms with E-state index in [1.165, 1.54) is 0 Å². The summed E-state index contributed by atoms with van der Waals surface area (Å²) in [5.41, 5.74) is -0.682. The van der Waals surface area contributed by atoms with E-state index in [1.54, 1.807) is 0 Å². The van der Waals surface area contributed by atoms with Gasteiger partial charge in [0.15, 0.2) is 6.61 Å². The molecular weight excluding hydrogens is 510 g/mol.